The number of carbonyl (C=O) groups excluding carboxylic acids is 1. The van der Waals surface area contributed by atoms with Gasteiger partial charge in [-0.1, -0.05) is 6.07 Å². The zero-order valence-electron chi connectivity index (χ0n) is 16.8. The second kappa shape index (κ2) is 8.73. The van der Waals surface area contributed by atoms with Gasteiger partial charge in [0.1, 0.15) is 13.2 Å². The molecule has 8 nitrogen and oxygen atoms in total. The monoisotopic (exact) mass is 429 g/mol. The van der Waals surface area contributed by atoms with Gasteiger partial charge in [0.15, 0.2) is 11.5 Å². The highest BCUT2D eigenvalue weighted by atomic mass is 32.2. The smallest absolute Gasteiger partial charge is 0.251 e. The topological polar surface area (TPSA) is 118 Å². The molecule has 9 heteroatoms. The lowest BCUT2D eigenvalue weighted by atomic mass is 9.93. The normalized spacial score (nSPS) is 13.4. The number of fused-ring (bicyclic) bond motifs is 1. The van der Waals surface area contributed by atoms with E-state index in [1.807, 2.05) is 38.1 Å². The summed E-state index contributed by atoms with van der Waals surface area (Å²) in [6.07, 6.45) is 0.0780. The molecule has 1 amide bonds. The molecule has 0 spiro atoms. The Hall–Kier alpha value is -3.09. The fraction of sp³-hybridized carbons (Fsp3) is 0.333. The molecule has 1 aliphatic heterocycles. The van der Waals surface area contributed by atoms with Crippen LogP contribution in [0, 0.1) is 11.3 Å². The third kappa shape index (κ3) is 4.90. The Morgan fingerprint density at radius 3 is 2.43 bits per heavy atom. The highest BCUT2D eigenvalue weighted by Crippen LogP contribution is 2.34. The SMILES string of the molecule is CC(C)(NC(=O)c1ccc(S(=O)(=O)NCCC#N)cc1)c1ccc2c(c1)OCCO2. The summed E-state index contributed by atoms with van der Waals surface area (Å²) >= 11 is 0. The third-order valence-corrected chi connectivity index (χ3v) is 6.12. The molecule has 0 unspecified atom stereocenters. The molecule has 3 rings (SSSR count). The van der Waals surface area contributed by atoms with Crippen LogP contribution in [0.3, 0.4) is 0 Å². The Kier molecular flexibility index (Phi) is 6.29. The number of hydrogen-bond acceptors (Lipinski definition) is 6. The van der Waals surface area contributed by atoms with Gasteiger partial charge in [0.05, 0.1) is 16.5 Å². The number of nitrogens with zero attached hydrogens (tertiary/aromatic N) is 1. The summed E-state index contributed by atoms with van der Waals surface area (Å²) in [6.45, 7) is 4.75. The van der Waals surface area contributed by atoms with Crippen LogP contribution in [0.25, 0.3) is 0 Å². The first-order chi connectivity index (χ1) is 14.2. The van der Waals surface area contributed by atoms with E-state index in [1.165, 1.54) is 24.3 Å². The predicted octanol–water partition coefficient (Wildman–Crippen LogP) is 2.31. The Morgan fingerprint density at radius 2 is 1.77 bits per heavy atom. The molecule has 1 heterocycles. The predicted molar refractivity (Wildman–Crippen MR) is 110 cm³/mol. The summed E-state index contributed by atoms with van der Waals surface area (Å²) in [6, 6.07) is 13.0. The number of ether oxygens (including phenoxy) is 2. The second-order valence-corrected chi connectivity index (χ2v) is 9.03. The summed E-state index contributed by atoms with van der Waals surface area (Å²) in [5, 5.41) is 11.5. The van der Waals surface area contributed by atoms with Crippen molar-refractivity contribution < 1.29 is 22.7 Å². The highest BCUT2D eigenvalue weighted by Gasteiger charge is 2.26. The zero-order chi connectivity index (χ0) is 21.8. The van der Waals surface area contributed by atoms with E-state index in [-0.39, 0.29) is 23.8 Å². The van der Waals surface area contributed by atoms with Gasteiger partial charge in [-0.05, 0) is 55.8 Å². The third-order valence-electron chi connectivity index (χ3n) is 4.65. The lowest BCUT2D eigenvalue weighted by molar-refractivity contribution is 0.0911. The maximum atomic E-state index is 12.7. The Balaban J connectivity index is 1.71. The molecule has 158 valence electrons. The fourth-order valence-corrected chi connectivity index (χ4v) is 4.00. The van der Waals surface area contributed by atoms with Crippen LogP contribution in [0.2, 0.25) is 0 Å². The molecule has 0 bridgehead atoms. The lowest BCUT2D eigenvalue weighted by Gasteiger charge is -2.28. The van der Waals surface area contributed by atoms with Crippen molar-refractivity contribution in [2.75, 3.05) is 19.8 Å². The minimum atomic E-state index is -3.72. The van der Waals surface area contributed by atoms with Gasteiger partial charge < -0.3 is 14.8 Å². The van der Waals surface area contributed by atoms with E-state index < -0.39 is 15.6 Å². The first-order valence-corrected chi connectivity index (χ1v) is 10.9. The number of rotatable bonds is 7. The molecule has 0 saturated heterocycles. The first kappa shape index (κ1) is 21.6. The van der Waals surface area contributed by atoms with Crippen molar-refractivity contribution in [3.8, 4) is 17.6 Å². The molecule has 0 saturated carbocycles. The molecular formula is C21H23N3O5S. The number of hydrogen-bond donors (Lipinski definition) is 2. The van der Waals surface area contributed by atoms with Crippen molar-refractivity contribution in [1.29, 1.82) is 5.26 Å². The van der Waals surface area contributed by atoms with Gasteiger partial charge in [0, 0.05) is 18.5 Å². The average molecular weight is 429 g/mol. The maximum absolute atomic E-state index is 12.7. The van der Waals surface area contributed by atoms with Gasteiger partial charge in [-0.25, -0.2) is 13.1 Å². The van der Waals surface area contributed by atoms with E-state index >= 15 is 0 Å². The number of sulfonamides is 1. The molecular weight excluding hydrogens is 406 g/mol. The molecule has 0 aromatic heterocycles. The number of nitrogens with one attached hydrogen (secondary N) is 2. The lowest BCUT2D eigenvalue weighted by Crippen LogP contribution is -2.41. The Bertz CT molecular complexity index is 1070. The van der Waals surface area contributed by atoms with Gasteiger partial charge in [0.25, 0.3) is 5.91 Å². The van der Waals surface area contributed by atoms with Gasteiger partial charge in [-0.2, -0.15) is 5.26 Å². The van der Waals surface area contributed by atoms with Crippen LogP contribution in [0.15, 0.2) is 47.4 Å². The summed E-state index contributed by atoms with van der Waals surface area (Å²) in [5.41, 5.74) is 0.480. The molecule has 0 atom stereocenters. The number of amides is 1. The minimum Gasteiger partial charge on any atom is -0.486 e. The van der Waals surface area contributed by atoms with E-state index in [2.05, 4.69) is 10.0 Å². The van der Waals surface area contributed by atoms with Gasteiger partial charge >= 0.3 is 0 Å². The van der Waals surface area contributed by atoms with Crippen LogP contribution >= 0.6 is 0 Å². The molecule has 30 heavy (non-hydrogen) atoms. The molecule has 2 N–H and O–H groups in total. The molecule has 0 fully saturated rings. The van der Waals surface area contributed by atoms with Crippen molar-refractivity contribution in [3.63, 3.8) is 0 Å². The Labute approximate surface area is 175 Å². The number of carbonyl (C=O) groups is 1. The van der Waals surface area contributed by atoms with E-state index in [0.29, 0.717) is 30.3 Å². The fourth-order valence-electron chi connectivity index (χ4n) is 2.97. The van der Waals surface area contributed by atoms with E-state index in [0.717, 1.165) is 5.56 Å². The zero-order valence-corrected chi connectivity index (χ0v) is 17.6. The van der Waals surface area contributed by atoms with Crippen molar-refractivity contribution in [3.05, 3.63) is 53.6 Å². The van der Waals surface area contributed by atoms with Gasteiger partial charge in [0.2, 0.25) is 10.0 Å². The largest absolute Gasteiger partial charge is 0.486 e. The van der Waals surface area contributed by atoms with Crippen molar-refractivity contribution in [2.45, 2.75) is 30.7 Å². The van der Waals surface area contributed by atoms with Crippen LogP contribution in [-0.2, 0) is 15.6 Å². The molecule has 2 aromatic carbocycles. The summed E-state index contributed by atoms with van der Waals surface area (Å²) in [7, 11) is -3.72. The molecule has 0 radical (unpaired) electrons. The highest BCUT2D eigenvalue weighted by molar-refractivity contribution is 7.89. The minimum absolute atomic E-state index is 0.0306. The molecule has 0 aliphatic carbocycles. The average Bonchev–Trinajstić information content (AvgIpc) is 2.73. The summed E-state index contributed by atoms with van der Waals surface area (Å²) in [4.78, 5) is 12.8. The summed E-state index contributed by atoms with van der Waals surface area (Å²) < 4.78 is 37.8. The van der Waals surface area contributed by atoms with Crippen LogP contribution in [-0.4, -0.2) is 34.1 Å². The van der Waals surface area contributed by atoms with Gasteiger partial charge in [-0.15, -0.1) is 0 Å². The van der Waals surface area contributed by atoms with Gasteiger partial charge in [-0.3, -0.25) is 4.79 Å². The standard InChI is InChI=1S/C21H23N3O5S/c1-21(2,16-6-9-18-19(14-16)29-13-12-28-18)24-20(25)15-4-7-17(8-5-15)30(26,27)23-11-3-10-22/h4-9,14,23H,3,11-13H2,1-2H3,(H,24,25). The van der Waals surface area contributed by atoms with E-state index in [9.17, 15) is 13.2 Å². The second-order valence-electron chi connectivity index (χ2n) is 7.27. The number of nitriles is 1. The summed E-state index contributed by atoms with van der Waals surface area (Å²) in [5.74, 6) is 0.975. The Morgan fingerprint density at radius 1 is 1.10 bits per heavy atom. The molecule has 1 aliphatic rings. The maximum Gasteiger partial charge on any atom is 0.251 e. The van der Waals surface area contributed by atoms with Crippen molar-refractivity contribution in [1.82, 2.24) is 10.0 Å². The van der Waals surface area contributed by atoms with Crippen LogP contribution in [0.1, 0.15) is 36.2 Å². The quantitative estimate of drug-likeness (QED) is 0.652. The van der Waals surface area contributed by atoms with Crippen molar-refractivity contribution in [2.24, 2.45) is 0 Å². The van der Waals surface area contributed by atoms with E-state index in [1.54, 1.807) is 0 Å². The van der Waals surface area contributed by atoms with Crippen LogP contribution in [0.4, 0.5) is 0 Å². The van der Waals surface area contributed by atoms with Crippen LogP contribution in [0.5, 0.6) is 11.5 Å². The molecule has 2 aromatic rings. The van der Waals surface area contributed by atoms with E-state index in [4.69, 9.17) is 14.7 Å². The van der Waals surface area contributed by atoms with Crippen molar-refractivity contribution >= 4 is 15.9 Å². The van der Waals surface area contributed by atoms with Crippen LogP contribution < -0.4 is 19.5 Å². The number of benzene rings is 2. The first-order valence-electron chi connectivity index (χ1n) is 9.42.